The Hall–Kier alpha value is -4.95. The molecule has 3 atom stereocenters. The van der Waals surface area contributed by atoms with Crippen LogP contribution in [0.1, 0.15) is 47.6 Å². The fourth-order valence-corrected chi connectivity index (χ4v) is 8.26. The number of phenols is 1. The Morgan fingerprint density at radius 3 is 2.17 bits per heavy atom. The molecule has 3 amide bonds. The van der Waals surface area contributed by atoms with E-state index in [4.69, 9.17) is 5.41 Å². The average molecular weight is 644 g/mol. The first-order chi connectivity index (χ1) is 23.1. The molecule has 8 heteroatoms. The number of phenolic OH excluding ortho intramolecular Hbond substituents is 1. The van der Waals surface area contributed by atoms with Gasteiger partial charge in [-0.3, -0.25) is 9.69 Å². The van der Waals surface area contributed by atoms with E-state index in [1.807, 2.05) is 86.7 Å². The maximum Gasteiger partial charge on any atom is 0.321 e. The summed E-state index contributed by atoms with van der Waals surface area (Å²) < 4.78 is 0. The number of aromatic hydroxyl groups is 1. The quantitative estimate of drug-likeness (QED) is 0.187. The second-order valence-electron chi connectivity index (χ2n) is 13.7. The minimum absolute atomic E-state index is 0.0180. The molecule has 1 unspecified atom stereocenters. The van der Waals surface area contributed by atoms with Gasteiger partial charge in [-0.25, -0.2) is 4.79 Å². The van der Waals surface area contributed by atoms with Gasteiger partial charge in [0.05, 0.1) is 6.04 Å². The molecule has 2 bridgehead atoms. The van der Waals surface area contributed by atoms with E-state index in [0.29, 0.717) is 25.1 Å². The third-order valence-electron chi connectivity index (χ3n) is 10.7. The summed E-state index contributed by atoms with van der Waals surface area (Å²) in [5.41, 5.74) is 4.31. The number of hydrogen-bond donors (Lipinski definition) is 3. The molecule has 1 saturated heterocycles. The lowest BCUT2D eigenvalue weighted by Crippen LogP contribution is -2.68. The summed E-state index contributed by atoms with van der Waals surface area (Å²) in [5, 5.41) is 21.1. The van der Waals surface area contributed by atoms with Crippen molar-refractivity contribution in [1.82, 2.24) is 14.7 Å². The van der Waals surface area contributed by atoms with Crippen LogP contribution in [0.2, 0.25) is 0 Å². The van der Waals surface area contributed by atoms with Crippen molar-refractivity contribution in [3.8, 4) is 5.75 Å². The monoisotopic (exact) mass is 643 g/mol. The highest BCUT2D eigenvalue weighted by Crippen LogP contribution is 2.48. The van der Waals surface area contributed by atoms with Crippen LogP contribution in [0.5, 0.6) is 5.75 Å². The number of amides is 3. The molecule has 0 spiro atoms. The second kappa shape index (κ2) is 13.3. The molecule has 1 fully saturated rings. The largest absolute Gasteiger partial charge is 0.508 e. The first kappa shape index (κ1) is 33.0. The zero-order chi connectivity index (χ0) is 34.1. The molecule has 1 heterocycles. The molecule has 4 aromatic carbocycles. The van der Waals surface area contributed by atoms with Gasteiger partial charge < -0.3 is 25.6 Å². The second-order valence-corrected chi connectivity index (χ2v) is 13.7. The summed E-state index contributed by atoms with van der Waals surface area (Å²) in [6.07, 6.45) is 3.34. The van der Waals surface area contributed by atoms with Crippen molar-refractivity contribution in [2.24, 2.45) is 0 Å². The number of nitrogens with zero attached hydrogens (tertiary/aromatic N) is 3. The van der Waals surface area contributed by atoms with Gasteiger partial charge in [0, 0.05) is 51.0 Å². The number of rotatable bonds is 9. The van der Waals surface area contributed by atoms with Crippen LogP contribution in [-0.2, 0) is 22.0 Å². The smallest absolute Gasteiger partial charge is 0.321 e. The predicted octanol–water partition coefficient (Wildman–Crippen LogP) is 6.28. The first-order valence-corrected chi connectivity index (χ1v) is 16.6. The van der Waals surface area contributed by atoms with E-state index >= 15 is 0 Å². The Labute approximate surface area is 283 Å². The van der Waals surface area contributed by atoms with Crippen molar-refractivity contribution in [2.75, 3.05) is 39.5 Å². The van der Waals surface area contributed by atoms with Gasteiger partial charge in [-0.05, 0) is 77.9 Å². The van der Waals surface area contributed by atoms with E-state index < -0.39 is 10.8 Å². The van der Waals surface area contributed by atoms with Crippen molar-refractivity contribution in [2.45, 2.75) is 49.1 Å². The van der Waals surface area contributed by atoms with Gasteiger partial charge in [-0.15, -0.1) is 0 Å². The summed E-state index contributed by atoms with van der Waals surface area (Å²) in [5.74, 6) is 0.263. The van der Waals surface area contributed by atoms with Crippen LogP contribution in [0.15, 0.2) is 103 Å². The van der Waals surface area contributed by atoms with Crippen LogP contribution in [0.25, 0.3) is 0 Å². The molecule has 0 aromatic heterocycles. The fourth-order valence-electron chi connectivity index (χ4n) is 8.26. The Kier molecular flexibility index (Phi) is 9.12. The Morgan fingerprint density at radius 2 is 1.58 bits per heavy atom. The number of anilines is 1. The number of likely N-dealkylation sites (N-methyl/N-ethyl adjacent to an activating group) is 2. The maximum absolute atomic E-state index is 14.4. The van der Waals surface area contributed by atoms with E-state index in [-0.39, 0.29) is 29.8 Å². The third kappa shape index (κ3) is 5.85. The van der Waals surface area contributed by atoms with Gasteiger partial charge in [-0.1, -0.05) is 85.8 Å². The zero-order valence-corrected chi connectivity index (χ0v) is 28.2. The molecule has 4 aromatic rings. The number of nitrogens with one attached hydrogen (secondary N) is 2. The van der Waals surface area contributed by atoms with Gasteiger partial charge in [0.2, 0.25) is 5.91 Å². The van der Waals surface area contributed by atoms with E-state index in [0.717, 1.165) is 35.2 Å². The SMILES string of the molecule is CN(C)C(=O)C(CCN1CC[C@]2(C)c3cc(O)ccc3CC1[C@@H]2N(C)C(=O)Nc1ccc(C=N)cc1)(c1ccccc1)c1ccccc1. The third-order valence-corrected chi connectivity index (χ3v) is 10.7. The van der Waals surface area contributed by atoms with Gasteiger partial charge in [0.1, 0.15) is 11.2 Å². The van der Waals surface area contributed by atoms with Crippen molar-refractivity contribution >= 4 is 23.8 Å². The summed E-state index contributed by atoms with van der Waals surface area (Å²) in [7, 11) is 5.51. The van der Waals surface area contributed by atoms with Gasteiger partial charge in [-0.2, -0.15) is 0 Å². The molecule has 0 radical (unpaired) electrons. The lowest BCUT2D eigenvalue weighted by Gasteiger charge is -2.58. The zero-order valence-electron chi connectivity index (χ0n) is 28.2. The molecule has 248 valence electrons. The van der Waals surface area contributed by atoms with Crippen LogP contribution in [-0.4, -0.2) is 84.3 Å². The first-order valence-electron chi connectivity index (χ1n) is 16.6. The van der Waals surface area contributed by atoms with Crippen molar-refractivity contribution in [1.29, 1.82) is 5.41 Å². The highest BCUT2D eigenvalue weighted by Gasteiger charge is 2.54. The molecule has 3 N–H and O–H groups in total. The van der Waals surface area contributed by atoms with E-state index in [2.05, 4.69) is 41.4 Å². The summed E-state index contributed by atoms with van der Waals surface area (Å²) in [4.78, 5) is 34.3. The lowest BCUT2D eigenvalue weighted by atomic mass is 9.61. The van der Waals surface area contributed by atoms with E-state index in [9.17, 15) is 14.7 Å². The van der Waals surface area contributed by atoms with Gasteiger partial charge >= 0.3 is 6.03 Å². The van der Waals surface area contributed by atoms with E-state index in [1.54, 1.807) is 23.1 Å². The minimum Gasteiger partial charge on any atom is -0.508 e. The number of piperidine rings is 1. The Balaban J connectivity index is 1.37. The summed E-state index contributed by atoms with van der Waals surface area (Å²) >= 11 is 0. The highest BCUT2D eigenvalue weighted by atomic mass is 16.3. The Bertz CT molecular complexity index is 1740. The molecular weight excluding hydrogens is 598 g/mol. The molecule has 1 aliphatic carbocycles. The van der Waals surface area contributed by atoms with Crippen LogP contribution in [0.4, 0.5) is 10.5 Å². The van der Waals surface area contributed by atoms with Crippen LogP contribution in [0, 0.1) is 5.41 Å². The fraction of sp³-hybridized carbons (Fsp3) is 0.325. The predicted molar refractivity (Wildman–Crippen MR) is 191 cm³/mol. The van der Waals surface area contributed by atoms with Gasteiger partial charge in [0.15, 0.2) is 0 Å². The van der Waals surface area contributed by atoms with Crippen molar-refractivity contribution in [3.05, 3.63) is 131 Å². The number of urea groups is 1. The normalized spacial score (nSPS) is 20.3. The molecular formula is C40H45N5O3. The molecule has 0 saturated carbocycles. The molecule has 2 aliphatic rings. The number of carbonyl (C=O) groups excluding carboxylic acids is 2. The highest BCUT2D eigenvalue weighted by molar-refractivity contribution is 5.92. The maximum atomic E-state index is 14.4. The van der Waals surface area contributed by atoms with Crippen molar-refractivity contribution in [3.63, 3.8) is 0 Å². The standard InChI is InChI=1S/C40H45N5O3/c1-39-21-23-45(24-22-40(37(47)43(2)3,30-11-7-5-8-12-30)31-13-9-6-10-14-31)35(25-29-17-20-33(46)26-34(29)39)36(39)44(4)38(48)42-32-18-15-28(27-41)16-19-32/h5-20,26-27,35-36,41,46H,21-25H2,1-4H3,(H,42,48)/t35?,36-,39+/m0/s1. The number of hydrogen-bond acceptors (Lipinski definition) is 5. The molecule has 6 rings (SSSR count). The topological polar surface area (TPSA) is 100.0 Å². The van der Waals surface area contributed by atoms with Crippen LogP contribution < -0.4 is 5.32 Å². The molecule has 1 aliphatic heterocycles. The molecule has 8 nitrogen and oxygen atoms in total. The van der Waals surface area contributed by atoms with Crippen LogP contribution >= 0.6 is 0 Å². The van der Waals surface area contributed by atoms with Crippen molar-refractivity contribution < 1.29 is 14.7 Å². The average Bonchev–Trinajstić information content (AvgIpc) is 3.10. The van der Waals surface area contributed by atoms with Crippen LogP contribution in [0.3, 0.4) is 0 Å². The Morgan fingerprint density at radius 1 is 0.958 bits per heavy atom. The summed E-state index contributed by atoms with van der Waals surface area (Å²) in [6.45, 7) is 3.66. The number of carbonyl (C=O) groups is 2. The van der Waals surface area contributed by atoms with Gasteiger partial charge in [0.25, 0.3) is 0 Å². The lowest BCUT2D eigenvalue weighted by molar-refractivity contribution is -0.134. The summed E-state index contributed by atoms with van der Waals surface area (Å²) in [6, 6.07) is 32.6. The number of likely N-dealkylation sites (tertiary alicyclic amines) is 1. The number of fused-ring (bicyclic) bond motifs is 4. The molecule has 48 heavy (non-hydrogen) atoms. The minimum atomic E-state index is -0.896. The van der Waals surface area contributed by atoms with E-state index in [1.165, 1.54) is 11.8 Å². The number of benzene rings is 4.